The molecule has 134 valence electrons. The molecule has 5 heteroatoms. The third-order valence-corrected chi connectivity index (χ3v) is 10.2. The molecule has 3 atom stereocenters. The summed E-state index contributed by atoms with van der Waals surface area (Å²) in [6.45, 7) is 0.120. The van der Waals surface area contributed by atoms with Crippen LogP contribution in [0.25, 0.3) is 0 Å². The van der Waals surface area contributed by atoms with E-state index >= 15 is 0 Å². The van der Waals surface area contributed by atoms with Crippen LogP contribution in [0.2, 0.25) is 0 Å². The Balaban J connectivity index is 1.83. The van der Waals surface area contributed by atoms with Gasteiger partial charge in [0.1, 0.15) is 0 Å². The molecule has 0 radical (unpaired) electrons. The van der Waals surface area contributed by atoms with Gasteiger partial charge in [0.25, 0.3) is 0 Å². The van der Waals surface area contributed by atoms with Gasteiger partial charge >= 0.3 is 0 Å². The lowest BCUT2D eigenvalue weighted by Crippen LogP contribution is -2.37. The lowest BCUT2D eigenvalue weighted by atomic mass is 9.91. The van der Waals surface area contributed by atoms with E-state index in [9.17, 15) is 0 Å². The van der Waals surface area contributed by atoms with Gasteiger partial charge in [-0.25, -0.2) is 9.34 Å². The van der Waals surface area contributed by atoms with Crippen LogP contribution in [0.1, 0.15) is 63.5 Å². The van der Waals surface area contributed by atoms with E-state index in [4.69, 9.17) is 16.3 Å². The van der Waals surface area contributed by atoms with Crippen molar-refractivity contribution in [3.05, 3.63) is 35.9 Å². The maximum absolute atomic E-state index is 6.78. The van der Waals surface area contributed by atoms with E-state index in [-0.39, 0.29) is 6.10 Å². The molecule has 0 aromatic heterocycles. The van der Waals surface area contributed by atoms with E-state index in [1.807, 2.05) is 0 Å². The van der Waals surface area contributed by atoms with Crippen molar-refractivity contribution in [3.8, 4) is 0 Å². The summed E-state index contributed by atoms with van der Waals surface area (Å²) in [5.41, 5.74) is 1.27. The van der Waals surface area contributed by atoms with Gasteiger partial charge in [-0.15, -0.1) is 0 Å². The zero-order chi connectivity index (χ0) is 17.2. The highest BCUT2D eigenvalue weighted by Gasteiger charge is 2.50. The molecule has 1 aromatic rings. The summed E-state index contributed by atoms with van der Waals surface area (Å²) >= 11 is 6.19. The minimum Gasteiger partial charge on any atom is -0.319 e. The number of rotatable bonds is 6. The molecule has 0 N–H and O–H groups in total. The van der Waals surface area contributed by atoms with Gasteiger partial charge in [0, 0.05) is 12.1 Å². The standard InChI is InChI=1S/C19H31N2OPS/c1-4-5-15-19(16-11-7-6-8-12-16)22-23(24)20(2)17-13-9-10-14-18(17)21(23)3/h6-8,11-12,17-19H,4-5,9-10,13-15H2,1-3H3/t17-,18-,19-/m1/s1. The molecule has 1 saturated carbocycles. The first kappa shape index (κ1) is 18.5. The van der Waals surface area contributed by atoms with Crippen molar-refractivity contribution >= 4 is 18.4 Å². The van der Waals surface area contributed by atoms with E-state index in [2.05, 4.69) is 60.7 Å². The largest absolute Gasteiger partial charge is 0.319 e. The molecule has 0 unspecified atom stereocenters. The summed E-state index contributed by atoms with van der Waals surface area (Å²) in [6, 6.07) is 11.8. The van der Waals surface area contributed by atoms with Crippen molar-refractivity contribution in [2.45, 2.75) is 70.1 Å². The van der Waals surface area contributed by atoms with Crippen molar-refractivity contribution in [3.63, 3.8) is 0 Å². The highest BCUT2D eigenvalue weighted by molar-refractivity contribution is 8.10. The summed E-state index contributed by atoms with van der Waals surface area (Å²) in [5, 5.41) is 0. The summed E-state index contributed by atoms with van der Waals surface area (Å²) in [6.07, 6.45) is 8.70. The van der Waals surface area contributed by atoms with Crippen LogP contribution in [0.5, 0.6) is 0 Å². The Bertz CT molecular complexity index is 560. The molecule has 0 bridgehead atoms. The van der Waals surface area contributed by atoms with E-state index < -0.39 is 6.57 Å². The molecule has 2 fully saturated rings. The predicted molar refractivity (Wildman–Crippen MR) is 106 cm³/mol. The number of likely N-dealkylation sites (N-methyl/N-ethyl adjacent to an activating group) is 2. The lowest BCUT2D eigenvalue weighted by molar-refractivity contribution is 0.188. The molecular formula is C19H31N2OPS. The smallest absolute Gasteiger partial charge is 0.204 e. The summed E-state index contributed by atoms with van der Waals surface area (Å²) in [4.78, 5) is 0. The molecule has 1 heterocycles. The van der Waals surface area contributed by atoms with Gasteiger partial charge < -0.3 is 4.52 Å². The third-order valence-electron chi connectivity index (χ3n) is 5.71. The highest BCUT2D eigenvalue weighted by atomic mass is 32.5. The summed E-state index contributed by atoms with van der Waals surface area (Å²) in [5.74, 6) is 0. The van der Waals surface area contributed by atoms with Crippen LogP contribution in [0.15, 0.2) is 30.3 Å². The monoisotopic (exact) mass is 366 g/mol. The van der Waals surface area contributed by atoms with Crippen LogP contribution in [0.3, 0.4) is 0 Å². The SMILES string of the molecule is CCCC[C@@H](OP1(=S)N(C)[C@@H]2CCCC[C@H]2N1C)c1ccccc1. The van der Waals surface area contributed by atoms with Gasteiger partial charge in [-0.2, -0.15) is 0 Å². The number of hydrogen-bond donors (Lipinski definition) is 0. The second kappa shape index (κ2) is 7.97. The van der Waals surface area contributed by atoms with E-state index in [1.165, 1.54) is 44.1 Å². The van der Waals surface area contributed by atoms with Crippen molar-refractivity contribution in [1.29, 1.82) is 0 Å². The Morgan fingerprint density at radius 1 is 1.12 bits per heavy atom. The Labute approximate surface area is 152 Å². The Morgan fingerprint density at radius 2 is 1.71 bits per heavy atom. The number of fused-ring (bicyclic) bond motifs is 1. The van der Waals surface area contributed by atoms with Crippen LogP contribution >= 0.6 is 6.57 Å². The van der Waals surface area contributed by atoms with Crippen LogP contribution in [-0.2, 0) is 16.3 Å². The van der Waals surface area contributed by atoms with Gasteiger partial charge in [0.05, 0.1) is 6.10 Å². The molecule has 24 heavy (non-hydrogen) atoms. The first-order valence-corrected chi connectivity index (χ1v) is 12.0. The molecule has 1 saturated heterocycles. The topological polar surface area (TPSA) is 15.7 Å². The van der Waals surface area contributed by atoms with Gasteiger partial charge in [-0.1, -0.05) is 62.9 Å². The number of benzene rings is 1. The van der Waals surface area contributed by atoms with E-state index in [0.29, 0.717) is 12.1 Å². The van der Waals surface area contributed by atoms with Crippen molar-refractivity contribution in [2.24, 2.45) is 0 Å². The fourth-order valence-corrected chi connectivity index (χ4v) is 7.84. The fraction of sp³-hybridized carbons (Fsp3) is 0.684. The first-order valence-electron chi connectivity index (χ1n) is 9.38. The zero-order valence-corrected chi connectivity index (χ0v) is 16.9. The average Bonchev–Trinajstić information content (AvgIpc) is 2.81. The van der Waals surface area contributed by atoms with Crippen LogP contribution in [-0.4, -0.2) is 35.5 Å². The van der Waals surface area contributed by atoms with Gasteiger partial charge in [-0.3, -0.25) is 0 Å². The maximum atomic E-state index is 6.78. The van der Waals surface area contributed by atoms with E-state index in [1.54, 1.807) is 0 Å². The Morgan fingerprint density at radius 3 is 2.25 bits per heavy atom. The highest BCUT2D eigenvalue weighted by Crippen LogP contribution is 2.65. The van der Waals surface area contributed by atoms with Crippen molar-refractivity contribution < 1.29 is 4.52 Å². The molecule has 2 aliphatic rings. The molecular weight excluding hydrogens is 335 g/mol. The van der Waals surface area contributed by atoms with Crippen LogP contribution < -0.4 is 0 Å². The second-order valence-corrected chi connectivity index (χ2v) is 11.1. The van der Waals surface area contributed by atoms with Gasteiger partial charge in [0.15, 0.2) is 0 Å². The molecule has 1 aliphatic heterocycles. The molecule has 0 amide bonds. The molecule has 0 spiro atoms. The minimum atomic E-state index is -2.12. The van der Waals surface area contributed by atoms with Gasteiger partial charge in [0.2, 0.25) is 6.57 Å². The number of nitrogens with zero attached hydrogens (tertiary/aromatic N) is 2. The van der Waals surface area contributed by atoms with Crippen molar-refractivity contribution in [1.82, 2.24) is 9.34 Å². The Hall–Kier alpha value is -0.250. The second-order valence-electron chi connectivity index (χ2n) is 7.20. The summed E-state index contributed by atoms with van der Waals surface area (Å²) < 4.78 is 11.6. The van der Waals surface area contributed by atoms with Crippen LogP contribution in [0, 0.1) is 0 Å². The quantitative estimate of drug-likeness (QED) is 0.631. The number of hydrogen-bond acceptors (Lipinski definition) is 2. The minimum absolute atomic E-state index is 0.113. The van der Waals surface area contributed by atoms with E-state index in [0.717, 1.165) is 6.42 Å². The molecule has 1 aliphatic carbocycles. The molecule has 3 rings (SSSR count). The normalized spacial score (nSPS) is 28.6. The zero-order valence-electron chi connectivity index (χ0n) is 15.2. The lowest BCUT2D eigenvalue weighted by Gasteiger charge is -2.34. The van der Waals surface area contributed by atoms with Crippen molar-refractivity contribution in [2.75, 3.05) is 14.1 Å². The average molecular weight is 367 g/mol. The fourth-order valence-electron chi connectivity index (χ4n) is 4.21. The van der Waals surface area contributed by atoms with Gasteiger partial charge in [-0.05, 0) is 50.7 Å². The number of unbranched alkanes of at least 4 members (excludes halogenated alkanes) is 1. The first-order chi connectivity index (χ1) is 11.6. The molecule has 1 aromatic carbocycles. The third kappa shape index (κ3) is 3.50. The maximum Gasteiger partial charge on any atom is 0.204 e. The summed E-state index contributed by atoms with van der Waals surface area (Å²) in [7, 11) is 4.41. The Kier molecular flexibility index (Phi) is 6.16. The molecule has 3 nitrogen and oxygen atoms in total. The predicted octanol–water partition coefficient (Wildman–Crippen LogP) is 5.35. The van der Waals surface area contributed by atoms with Crippen LogP contribution in [0.4, 0.5) is 0 Å².